The topological polar surface area (TPSA) is 43.4 Å². The van der Waals surface area contributed by atoms with Crippen LogP contribution >= 0.6 is 0 Å². The molecule has 3 aromatic rings. The Morgan fingerprint density at radius 3 is 2.64 bits per heavy atom. The van der Waals surface area contributed by atoms with Crippen molar-refractivity contribution in [3.8, 4) is 5.88 Å². The first-order chi connectivity index (χ1) is 13.5. The van der Waals surface area contributed by atoms with Crippen LogP contribution in [0.2, 0.25) is 0 Å². The third-order valence-corrected chi connectivity index (χ3v) is 5.40. The second-order valence-corrected chi connectivity index (χ2v) is 8.27. The van der Waals surface area contributed by atoms with Gasteiger partial charge < -0.3 is 14.8 Å². The van der Waals surface area contributed by atoms with Crippen molar-refractivity contribution in [2.75, 3.05) is 19.8 Å². The summed E-state index contributed by atoms with van der Waals surface area (Å²) in [7, 11) is 0. The van der Waals surface area contributed by atoms with Crippen LogP contribution in [0.3, 0.4) is 0 Å². The number of ether oxygens (including phenoxy) is 2. The largest absolute Gasteiger partial charge is 0.473 e. The van der Waals surface area contributed by atoms with E-state index in [1.54, 1.807) is 0 Å². The van der Waals surface area contributed by atoms with Crippen LogP contribution in [-0.2, 0) is 17.9 Å². The Hall–Kier alpha value is -2.43. The van der Waals surface area contributed by atoms with Crippen LogP contribution in [0, 0.1) is 19.3 Å². The highest BCUT2D eigenvalue weighted by atomic mass is 16.5. The van der Waals surface area contributed by atoms with Crippen molar-refractivity contribution in [2.45, 2.75) is 33.9 Å². The van der Waals surface area contributed by atoms with Crippen LogP contribution in [-0.4, -0.2) is 24.7 Å². The zero-order valence-electron chi connectivity index (χ0n) is 16.9. The van der Waals surface area contributed by atoms with E-state index in [9.17, 15) is 0 Å². The van der Waals surface area contributed by atoms with Crippen LogP contribution in [0.1, 0.15) is 29.2 Å². The van der Waals surface area contributed by atoms with Gasteiger partial charge in [0.25, 0.3) is 0 Å². The summed E-state index contributed by atoms with van der Waals surface area (Å²) in [6, 6.07) is 16.9. The molecule has 0 unspecified atom stereocenters. The fourth-order valence-electron chi connectivity index (χ4n) is 3.54. The van der Waals surface area contributed by atoms with Crippen molar-refractivity contribution >= 4 is 10.9 Å². The number of pyridine rings is 1. The monoisotopic (exact) mass is 376 g/mol. The van der Waals surface area contributed by atoms with Crippen LogP contribution in [0.25, 0.3) is 10.9 Å². The number of aryl methyl sites for hydroxylation is 2. The molecule has 4 heteroatoms. The van der Waals surface area contributed by atoms with Crippen LogP contribution in [0.15, 0.2) is 48.5 Å². The van der Waals surface area contributed by atoms with Gasteiger partial charge in [-0.15, -0.1) is 0 Å². The number of nitrogens with one attached hydrogen (secondary N) is 1. The zero-order chi connectivity index (χ0) is 19.6. The van der Waals surface area contributed by atoms with Gasteiger partial charge in [0.05, 0.1) is 18.7 Å². The lowest BCUT2D eigenvalue weighted by Crippen LogP contribution is -2.47. The fourth-order valence-corrected chi connectivity index (χ4v) is 3.54. The summed E-state index contributed by atoms with van der Waals surface area (Å²) in [5, 5.41) is 4.72. The molecule has 0 amide bonds. The van der Waals surface area contributed by atoms with Gasteiger partial charge in [0.15, 0.2) is 0 Å². The van der Waals surface area contributed by atoms with E-state index in [1.807, 2.05) is 6.07 Å². The third kappa shape index (κ3) is 4.18. The van der Waals surface area contributed by atoms with Gasteiger partial charge in [0.2, 0.25) is 5.88 Å². The van der Waals surface area contributed by atoms with Gasteiger partial charge in [-0.3, -0.25) is 0 Å². The van der Waals surface area contributed by atoms with Crippen LogP contribution in [0.4, 0.5) is 0 Å². The maximum Gasteiger partial charge on any atom is 0.218 e. The maximum absolute atomic E-state index is 6.19. The zero-order valence-corrected chi connectivity index (χ0v) is 16.9. The average molecular weight is 377 g/mol. The van der Waals surface area contributed by atoms with E-state index in [2.05, 4.69) is 68.6 Å². The van der Waals surface area contributed by atoms with Gasteiger partial charge >= 0.3 is 0 Å². The van der Waals surface area contributed by atoms with Gasteiger partial charge in [-0.1, -0.05) is 42.8 Å². The molecular formula is C24H28N2O2. The summed E-state index contributed by atoms with van der Waals surface area (Å²) >= 11 is 0. The van der Waals surface area contributed by atoms with E-state index in [0.717, 1.165) is 42.8 Å². The molecule has 2 heterocycles. The summed E-state index contributed by atoms with van der Waals surface area (Å²) in [6.07, 6.45) is 0. The Balaban J connectivity index is 1.56. The van der Waals surface area contributed by atoms with Gasteiger partial charge in [-0.25, -0.2) is 4.98 Å². The Kier molecular flexibility index (Phi) is 5.33. The number of hydrogen-bond donors (Lipinski definition) is 1. The molecule has 4 nitrogen and oxygen atoms in total. The molecule has 0 radical (unpaired) electrons. The van der Waals surface area contributed by atoms with Crippen LogP contribution < -0.4 is 10.1 Å². The molecule has 1 aliphatic heterocycles. The predicted octanol–water partition coefficient (Wildman–Crippen LogP) is 4.56. The van der Waals surface area contributed by atoms with E-state index in [4.69, 9.17) is 14.5 Å². The standard InChI is InChI=1S/C24H28N2O2/c1-17-8-9-22-20(10-17)11-21(12-25-14-24(3)15-27-16-24)23(26-22)28-13-19-7-5-4-6-18(19)2/h4-11,25H,12-16H2,1-3H3. The molecule has 0 spiro atoms. The molecule has 0 saturated carbocycles. The molecule has 146 valence electrons. The van der Waals surface area contributed by atoms with Crippen molar-refractivity contribution in [1.82, 2.24) is 10.3 Å². The summed E-state index contributed by atoms with van der Waals surface area (Å²) in [4.78, 5) is 4.82. The fraction of sp³-hybridized carbons (Fsp3) is 0.375. The molecular weight excluding hydrogens is 348 g/mol. The Labute approximate surface area is 166 Å². The second kappa shape index (κ2) is 7.90. The molecule has 1 aromatic heterocycles. The molecule has 1 fully saturated rings. The molecule has 2 aromatic carbocycles. The number of aromatic nitrogens is 1. The highest BCUT2D eigenvalue weighted by molar-refractivity contribution is 5.80. The number of nitrogens with zero attached hydrogens (tertiary/aromatic N) is 1. The lowest BCUT2D eigenvalue weighted by molar-refractivity contribution is -0.0991. The summed E-state index contributed by atoms with van der Waals surface area (Å²) < 4.78 is 11.5. The molecule has 4 rings (SSSR count). The maximum atomic E-state index is 6.19. The summed E-state index contributed by atoms with van der Waals surface area (Å²) in [5.74, 6) is 0.710. The van der Waals surface area contributed by atoms with E-state index in [0.29, 0.717) is 12.5 Å². The SMILES string of the molecule is Cc1ccc2nc(OCc3ccccc3C)c(CNCC3(C)COC3)cc2c1. The minimum absolute atomic E-state index is 0.239. The molecule has 28 heavy (non-hydrogen) atoms. The summed E-state index contributed by atoms with van der Waals surface area (Å²) in [5.41, 5.74) is 5.95. The lowest BCUT2D eigenvalue weighted by Gasteiger charge is -2.38. The molecule has 1 saturated heterocycles. The van der Waals surface area contributed by atoms with Crippen molar-refractivity contribution in [2.24, 2.45) is 5.41 Å². The third-order valence-electron chi connectivity index (χ3n) is 5.40. The molecule has 1 N–H and O–H groups in total. The van der Waals surface area contributed by atoms with Crippen molar-refractivity contribution < 1.29 is 9.47 Å². The molecule has 1 aliphatic rings. The summed E-state index contributed by atoms with van der Waals surface area (Å²) in [6.45, 7) is 10.3. The highest BCUT2D eigenvalue weighted by Crippen LogP contribution is 2.27. The number of fused-ring (bicyclic) bond motifs is 1. The molecule has 0 bridgehead atoms. The van der Waals surface area contributed by atoms with E-state index in [1.165, 1.54) is 16.7 Å². The minimum Gasteiger partial charge on any atom is -0.473 e. The van der Waals surface area contributed by atoms with Gasteiger partial charge in [-0.05, 0) is 43.2 Å². The first-order valence-corrected chi connectivity index (χ1v) is 9.88. The average Bonchev–Trinajstić information content (AvgIpc) is 2.66. The Morgan fingerprint density at radius 1 is 1.07 bits per heavy atom. The Morgan fingerprint density at radius 2 is 1.89 bits per heavy atom. The number of hydrogen-bond acceptors (Lipinski definition) is 4. The lowest BCUT2D eigenvalue weighted by atomic mass is 9.89. The van der Waals surface area contributed by atoms with Crippen molar-refractivity contribution in [3.63, 3.8) is 0 Å². The quantitative estimate of drug-likeness (QED) is 0.657. The highest BCUT2D eigenvalue weighted by Gasteiger charge is 2.32. The molecule has 0 aliphatic carbocycles. The first kappa shape index (κ1) is 18.9. The van der Waals surface area contributed by atoms with Crippen LogP contribution in [0.5, 0.6) is 5.88 Å². The normalized spacial score (nSPS) is 15.4. The van der Waals surface area contributed by atoms with E-state index in [-0.39, 0.29) is 5.41 Å². The van der Waals surface area contributed by atoms with E-state index < -0.39 is 0 Å². The van der Waals surface area contributed by atoms with Crippen molar-refractivity contribution in [3.05, 3.63) is 70.8 Å². The molecule has 0 atom stereocenters. The smallest absolute Gasteiger partial charge is 0.218 e. The second-order valence-electron chi connectivity index (χ2n) is 8.27. The number of rotatable bonds is 7. The predicted molar refractivity (Wildman–Crippen MR) is 113 cm³/mol. The van der Waals surface area contributed by atoms with Gasteiger partial charge in [-0.2, -0.15) is 0 Å². The van der Waals surface area contributed by atoms with Crippen molar-refractivity contribution in [1.29, 1.82) is 0 Å². The number of benzene rings is 2. The van der Waals surface area contributed by atoms with Gasteiger partial charge in [0.1, 0.15) is 6.61 Å². The van der Waals surface area contributed by atoms with E-state index >= 15 is 0 Å². The minimum atomic E-state index is 0.239. The Bertz CT molecular complexity index is 980. The first-order valence-electron chi connectivity index (χ1n) is 9.88. The van der Waals surface area contributed by atoms with Gasteiger partial charge in [0, 0.05) is 29.5 Å².